The normalized spacial score (nSPS) is 23.5. The Labute approximate surface area is 143 Å². The zero-order valence-corrected chi connectivity index (χ0v) is 14.4. The van der Waals surface area contributed by atoms with Crippen LogP contribution in [0.3, 0.4) is 0 Å². The second-order valence-electron chi connectivity index (χ2n) is 6.22. The van der Waals surface area contributed by atoms with Gasteiger partial charge in [-0.3, -0.25) is 4.79 Å². The van der Waals surface area contributed by atoms with Gasteiger partial charge in [0.2, 0.25) is 5.91 Å². The highest BCUT2D eigenvalue weighted by atomic mass is 35.5. The van der Waals surface area contributed by atoms with Gasteiger partial charge in [0, 0.05) is 5.69 Å². The molecule has 0 bridgehead atoms. The Bertz CT molecular complexity index is 537. The first kappa shape index (κ1) is 19.3. The van der Waals surface area contributed by atoms with Crippen LogP contribution in [0.1, 0.15) is 38.2 Å². The summed E-state index contributed by atoms with van der Waals surface area (Å²) in [4.78, 5) is 24.5. The average molecular weight is 341 g/mol. The third-order valence-electron chi connectivity index (χ3n) is 4.43. The van der Waals surface area contributed by atoms with E-state index in [1.807, 2.05) is 12.1 Å². The van der Waals surface area contributed by atoms with Gasteiger partial charge in [-0.25, -0.2) is 4.79 Å². The van der Waals surface area contributed by atoms with Gasteiger partial charge in [-0.15, -0.1) is 12.4 Å². The van der Waals surface area contributed by atoms with Crippen LogP contribution >= 0.6 is 12.4 Å². The topological polar surface area (TPSA) is 81.4 Å². The van der Waals surface area contributed by atoms with Crippen LogP contribution in [0.5, 0.6) is 0 Å². The van der Waals surface area contributed by atoms with Gasteiger partial charge in [-0.05, 0) is 49.3 Å². The lowest BCUT2D eigenvalue weighted by Crippen LogP contribution is -2.57. The molecular weight excluding hydrogens is 316 g/mol. The lowest BCUT2D eigenvalue weighted by molar-refractivity contribution is -0.153. The number of carbonyl (C=O) groups is 2. The second kappa shape index (κ2) is 8.20. The number of hydrogen-bond acceptors (Lipinski definition) is 4. The SMILES string of the molecule is COC(=O)C1(NC(=O)Cc2ccc(N)cc2)CCC(C)CC1.Cl. The van der Waals surface area contributed by atoms with Crippen molar-refractivity contribution in [3.63, 3.8) is 0 Å². The summed E-state index contributed by atoms with van der Waals surface area (Å²) in [5, 5.41) is 2.92. The zero-order valence-electron chi connectivity index (χ0n) is 13.6. The molecule has 0 heterocycles. The van der Waals surface area contributed by atoms with Crippen LogP contribution in [-0.4, -0.2) is 24.5 Å². The predicted octanol–water partition coefficient (Wildman–Crippen LogP) is 2.47. The zero-order chi connectivity index (χ0) is 16.2. The number of halogens is 1. The molecule has 1 aromatic rings. The first-order valence-electron chi connectivity index (χ1n) is 7.69. The van der Waals surface area contributed by atoms with E-state index in [0.29, 0.717) is 24.4 Å². The number of anilines is 1. The molecular formula is C17H25ClN2O3. The van der Waals surface area contributed by atoms with Crippen molar-refractivity contribution in [2.24, 2.45) is 5.92 Å². The van der Waals surface area contributed by atoms with E-state index in [4.69, 9.17) is 10.5 Å². The smallest absolute Gasteiger partial charge is 0.331 e. The number of ether oxygens (including phenoxy) is 1. The number of nitrogen functional groups attached to an aromatic ring is 1. The highest BCUT2D eigenvalue weighted by Gasteiger charge is 2.43. The van der Waals surface area contributed by atoms with Gasteiger partial charge in [0.1, 0.15) is 5.54 Å². The molecule has 0 aromatic heterocycles. The van der Waals surface area contributed by atoms with Crippen LogP contribution in [0.4, 0.5) is 5.69 Å². The monoisotopic (exact) mass is 340 g/mol. The number of methoxy groups -OCH3 is 1. The molecule has 23 heavy (non-hydrogen) atoms. The van der Waals surface area contributed by atoms with Crippen LogP contribution in [0, 0.1) is 5.92 Å². The summed E-state index contributed by atoms with van der Waals surface area (Å²) in [5.41, 5.74) is 6.30. The summed E-state index contributed by atoms with van der Waals surface area (Å²) in [7, 11) is 1.37. The van der Waals surface area contributed by atoms with E-state index < -0.39 is 5.54 Å². The molecule has 3 N–H and O–H groups in total. The Morgan fingerprint density at radius 3 is 2.35 bits per heavy atom. The molecule has 1 amide bonds. The molecule has 1 aliphatic carbocycles. The fourth-order valence-electron chi connectivity index (χ4n) is 2.96. The summed E-state index contributed by atoms with van der Waals surface area (Å²) < 4.78 is 4.92. The van der Waals surface area contributed by atoms with Gasteiger partial charge < -0.3 is 15.8 Å². The molecule has 5 nitrogen and oxygen atoms in total. The van der Waals surface area contributed by atoms with E-state index in [2.05, 4.69) is 12.2 Å². The molecule has 0 aliphatic heterocycles. The molecule has 1 aromatic carbocycles. The van der Waals surface area contributed by atoms with E-state index in [9.17, 15) is 9.59 Å². The Balaban J connectivity index is 0.00000264. The van der Waals surface area contributed by atoms with Gasteiger partial charge in [0.05, 0.1) is 13.5 Å². The molecule has 1 saturated carbocycles. The highest BCUT2D eigenvalue weighted by Crippen LogP contribution is 2.33. The lowest BCUT2D eigenvalue weighted by atomic mass is 9.77. The third kappa shape index (κ3) is 4.86. The molecule has 0 atom stereocenters. The summed E-state index contributed by atoms with van der Waals surface area (Å²) in [6.45, 7) is 2.16. The van der Waals surface area contributed by atoms with Gasteiger partial charge >= 0.3 is 5.97 Å². The number of rotatable bonds is 4. The first-order valence-corrected chi connectivity index (χ1v) is 7.69. The minimum Gasteiger partial charge on any atom is -0.467 e. The molecule has 128 valence electrons. The van der Waals surface area contributed by atoms with Crippen LogP contribution in [-0.2, 0) is 20.7 Å². The number of carbonyl (C=O) groups excluding carboxylic acids is 2. The lowest BCUT2D eigenvalue weighted by Gasteiger charge is -2.37. The van der Waals surface area contributed by atoms with Crippen LogP contribution in [0.25, 0.3) is 0 Å². The number of nitrogens with one attached hydrogen (secondary N) is 1. The summed E-state index contributed by atoms with van der Waals surface area (Å²) in [6, 6.07) is 7.17. The maximum Gasteiger partial charge on any atom is 0.331 e. The van der Waals surface area contributed by atoms with E-state index >= 15 is 0 Å². The van der Waals surface area contributed by atoms with Crippen molar-refractivity contribution in [1.82, 2.24) is 5.32 Å². The summed E-state index contributed by atoms with van der Waals surface area (Å²) in [5.74, 6) is 0.0709. The number of nitrogens with two attached hydrogens (primary N) is 1. The number of esters is 1. The fourth-order valence-corrected chi connectivity index (χ4v) is 2.96. The molecule has 2 rings (SSSR count). The van der Waals surface area contributed by atoms with Crippen molar-refractivity contribution in [2.45, 2.75) is 44.6 Å². The molecule has 1 aliphatic rings. The second-order valence-corrected chi connectivity index (χ2v) is 6.22. The van der Waals surface area contributed by atoms with Gasteiger partial charge in [-0.2, -0.15) is 0 Å². The Morgan fingerprint density at radius 2 is 1.83 bits per heavy atom. The largest absolute Gasteiger partial charge is 0.467 e. The molecule has 1 fully saturated rings. The molecule has 0 radical (unpaired) electrons. The van der Waals surface area contributed by atoms with E-state index in [1.165, 1.54) is 7.11 Å². The van der Waals surface area contributed by atoms with E-state index in [0.717, 1.165) is 18.4 Å². The first-order chi connectivity index (χ1) is 10.4. The maximum absolute atomic E-state index is 12.3. The Morgan fingerprint density at radius 1 is 1.26 bits per heavy atom. The van der Waals surface area contributed by atoms with E-state index in [-0.39, 0.29) is 30.7 Å². The van der Waals surface area contributed by atoms with Crippen molar-refractivity contribution in [1.29, 1.82) is 0 Å². The fraction of sp³-hybridized carbons (Fsp3) is 0.529. The maximum atomic E-state index is 12.3. The Kier molecular flexibility index (Phi) is 6.88. The molecule has 0 spiro atoms. The van der Waals surface area contributed by atoms with Gasteiger partial charge in [0.15, 0.2) is 0 Å². The van der Waals surface area contributed by atoms with Crippen molar-refractivity contribution in [3.8, 4) is 0 Å². The summed E-state index contributed by atoms with van der Waals surface area (Å²) in [6.07, 6.45) is 3.33. The summed E-state index contributed by atoms with van der Waals surface area (Å²) >= 11 is 0. The highest BCUT2D eigenvalue weighted by molar-refractivity contribution is 5.89. The van der Waals surface area contributed by atoms with Crippen LogP contribution in [0.2, 0.25) is 0 Å². The van der Waals surface area contributed by atoms with Gasteiger partial charge in [-0.1, -0.05) is 19.1 Å². The molecule has 0 saturated heterocycles. The average Bonchev–Trinajstić information content (AvgIpc) is 2.51. The standard InChI is InChI=1S/C17H24N2O3.ClH/c1-12-7-9-17(10-8-12,16(21)22-2)19-15(20)11-13-3-5-14(18)6-4-13;/h3-6,12H,7-11,18H2,1-2H3,(H,19,20);1H. The van der Waals surface area contributed by atoms with Crippen molar-refractivity contribution >= 4 is 30.0 Å². The number of hydrogen-bond donors (Lipinski definition) is 2. The van der Waals surface area contributed by atoms with Crippen molar-refractivity contribution in [3.05, 3.63) is 29.8 Å². The minimum atomic E-state index is -0.869. The number of benzene rings is 1. The molecule has 6 heteroatoms. The van der Waals surface area contributed by atoms with E-state index in [1.54, 1.807) is 12.1 Å². The van der Waals surface area contributed by atoms with Crippen molar-refractivity contribution in [2.75, 3.05) is 12.8 Å². The van der Waals surface area contributed by atoms with Crippen LogP contribution in [0.15, 0.2) is 24.3 Å². The van der Waals surface area contributed by atoms with Crippen molar-refractivity contribution < 1.29 is 14.3 Å². The third-order valence-corrected chi connectivity index (χ3v) is 4.43. The van der Waals surface area contributed by atoms with Gasteiger partial charge in [0.25, 0.3) is 0 Å². The van der Waals surface area contributed by atoms with Crippen LogP contribution < -0.4 is 11.1 Å². The number of amides is 1. The Hall–Kier alpha value is -1.75. The minimum absolute atomic E-state index is 0. The molecule has 0 unspecified atom stereocenters. The predicted molar refractivity (Wildman–Crippen MR) is 92.3 cm³/mol. The quantitative estimate of drug-likeness (QED) is 0.651.